The fourth-order valence-corrected chi connectivity index (χ4v) is 6.55. The van der Waals surface area contributed by atoms with Gasteiger partial charge in [0.25, 0.3) is 0 Å². The smallest absolute Gasteiger partial charge is 0.326 e. The molecule has 0 fully saturated rings. The first-order chi connectivity index (χ1) is 28.0. The van der Waals surface area contributed by atoms with E-state index in [1.807, 2.05) is 30.3 Å². The van der Waals surface area contributed by atoms with Gasteiger partial charge in [-0.25, -0.2) is 4.79 Å². The van der Waals surface area contributed by atoms with E-state index < -0.39 is 24.1 Å². The van der Waals surface area contributed by atoms with Crippen LogP contribution in [0.4, 0.5) is 0 Å². The molecule has 0 heterocycles. The number of hydrogen-bond acceptors (Lipinski definition) is 8. The average Bonchev–Trinajstić information content (AvgIpc) is 3.19. The zero-order chi connectivity index (χ0) is 42.6. The highest BCUT2D eigenvalue weighted by Crippen LogP contribution is 2.12. The van der Waals surface area contributed by atoms with Gasteiger partial charge in [-0.15, -0.1) is 0 Å². The quantitative estimate of drug-likeness (QED) is 0.0264. The highest BCUT2D eigenvalue weighted by atomic mass is 16.4. The lowest BCUT2D eigenvalue weighted by molar-refractivity contribution is -0.142. The molecule has 0 unspecified atom stereocenters. The van der Waals surface area contributed by atoms with E-state index >= 15 is 0 Å². The molecule has 0 aromatic heterocycles. The van der Waals surface area contributed by atoms with E-state index in [4.69, 9.17) is 22.9 Å². The van der Waals surface area contributed by atoms with Crippen molar-refractivity contribution in [2.75, 3.05) is 26.2 Å². The van der Waals surface area contributed by atoms with E-state index in [0.717, 1.165) is 108 Å². The molecule has 330 valence electrons. The number of benzene rings is 1. The Kier molecular flexibility index (Phi) is 31.0. The number of guanidine groups is 1. The molecule has 1 aromatic rings. The number of aliphatic imine (C=N–C) groups is 1. The third-order valence-electron chi connectivity index (χ3n) is 10.1. The maximum Gasteiger partial charge on any atom is 0.326 e. The molecule has 0 aliphatic heterocycles. The van der Waals surface area contributed by atoms with Crippen molar-refractivity contribution in [1.29, 1.82) is 0 Å². The third-order valence-corrected chi connectivity index (χ3v) is 10.1. The van der Waals surface area contributed by atoms with Crippen molar-refractivity contribution < 1.29 is 29.1 Å². The highest BCUT2D eigenvalue weighted by Gasteiger charge is 2.19. The van der Waals surface area contributed by atoms with Crippen LogP contribution in [-0.2, 0) is 30.4 Å². The van der Waals surface area contributed by atoms with E-state index in [1.54, 1.807) is 0 Å². The number of nitrogens with zero attached hydrogens (tertiary/aromatic N) is 1. The van der Waals surface area contributed by atoms with E-state index in [9.17, 15) is 29.1 Å². The monoisotopic (exact) mass is 816 g/mol. The number of carboxylic acid groups (broad SMARTS) is 1. The number of carbonyl (C=O) groups excluding carboxylic acids is 4. The van der Waals surface area contributed by atoms with Crippen LogP contribution in [0.5, 0.6) is 0 Å². The van der Waals surface area contributed by atoms with Crippen molar-refractivity contribution in [2.45, 2.75) is 172 Å². The van der Waals surface area contributed by atoms with Crippen LogP contribution in [-0.4, -0.2) is 85.0 Å². The first kappa shape index (κ1) is 51.8. The number of carbonyl (C=O) groups is 5. The summed E-state index contributed by atoms with van der Waals surface area (Å²) in [6, 6.07) is 7.75. The minimum Gasteiger partial charge on any atom is -0.480 e. The zero-order valence-electron chi connectivity index (χ0n) is 35.2. The molecule has 0 aliphatic rings. The molecule has 13 N–H and O–H groups in total. The Balaban J connectivity index is 1.93. The minimum absolute atomic E-state index is 0.0138. The summed E-state index contributed by atoms with van der Waals surface area (Å²) in [4.78, 5) is 64.4. The lowest BCUT2D eigenvalue weighted by Crippen LogP contribution is -2.42. The number of carboxylic acids is 1. The summed E-state index contributed by atoms with van der Waals surface area (Å²) in [7, 11) is 0. The summed E-state index contributed by atoms with van der Waals surface area (Å²) in [5.74, 6) is -1.47. The first-order valence-corrected chi connectivity index (χ1v) is 21.9. The van der Waals surface area contributed by atoms with Gasteiger partial charge in [-0.05, 0) is 69.8 Å². The second-order valence-electron chi connectivity index (χ2n) is 15.4. The summed E-state index contributed by atoms with van der Waals surface area (Å²) in [5, 5.41) is 21.0. The summed E-state index contributed by atoms with van der Waals surface area (Å²) in [6.07, 6.45) is 20.2. The number of nitrogens with two attached hydrogens (primary N) is 4. The van der Waals surface area contributed by atoms with Gasteiger partial charge < -0.3 is 49.3 Å². The van der Waals surface area contributed by atoms with Crippen LogP contribution in [0.25, 0.3) is 0 Å². The second-order valence-corrected chi connectivity index (χ2v) is 15.4. The maximum absolute atomic E-state index is 12.4. The molecule has 0 spiro atoms. The summed E-state index contributed by atoms with van der Waals surface area (Å²) < 4.78 is 0. The molecule has 15 nitrogen and oxygen atoms in total. The Morgan fingerprint density at radius 1 is 0.552 bits per heavy atom. The molecule has 58 heavy (non-hydrogen) atoms. The number of nitrogens with one attached hydrogen (secondary N) is 4. The van der Waals surface area contributed by atoms with E-state index in [0.29, 0.717) is 77.5 Å². The van der Waals surface area contributed by atoms with E-state index in [1.165, 1.54) is 0 Å². The maximum atomic E-state index is 12.4. The van der Waals surface area contributed by atoms with Gasteiger partial charge in [-0.2, -0.15) is 0 Å². The number of rotatable bonds is 37. The van der Waals surface area contributed by atoms with Crippen LogP contribution < -0.4 is 44.2 Å². The summed E-state index contributed by atoms with van der Waals surface area (Å²) in [6.45, 7) is 2.20. The summed E-state index contributed by atoms with van der Waals surface area (Å²) in [5.41, 5.74) is 23.5. The lowest BCUT2D eigenvalue weighted by atomic mass is 10.1. The normalized spacial score (nSPS) is 12.5. The number of amides is 4. The van der Waals surface area contributed by atoms with Crippen molar-refractivity contribution in [3.8, 4) is 0 Å². The molecule has 1 rings (SSSR count). The average molecular weight is 816 g/mol. The third kappa shape index (κ3) is 29.9. The van der Waals surface area contributed by atoms with Crippen LogP contribution in [0.1, 0.15) is 153 Å². The van der Waals surface area contributed by atoms with Gasteiger partial charge in [0, 0.05) is 39.0 Å². The van der Waals surface area contributed by atoms with Crippen molar-refractivity contribution in [1.82, 2.24) is 21.3 Å². The van der Waals surface area contributed by atoms with Gasteiger partial charge in [0.05, 0.1) is 12.1 Å². The van der Waals surface area contributed by atoms with Crippen LogP contribution >= 0.6 is 0 Å². The van der Waals surface area contributed by atoms with Crippen LogP contribution in [0.2, 0.25) is 0 Å². The SMILES string of the molecule is NC(N)=NCCC[C@H](N)C(=O)NCCCCCCCCCCC(=O)NCCCC[C@H](NC(=O)CCCCCCCCCCNC(=O)[C@@H](N)Cc1ccccc1)C(=O)O. The van der Waals surface area contributed by atoms with Crippen LogP contribution in [0.3, 0.4) is 0 Å². The molecule has 4 amide bonds. The van der Waals surface area contributed by atoms with Gasteiger partial charge in [0.15, 0.2) is 5.96 Å². The van der Waals surface area contributed by atoms with E-state index in [-0.39, 0.29) is 29.6 Å². The fraction of sp³-hybridized carbons (Fsp3) is 0.721. The van der Waals surface area contributed by atoms with Gasteiger partial charge in [-0.1, -0.05) is 107 Å². The Morgan fingerprint density at radius 3 is 1.55 bits per heavy atom. The van der Waals surface area contributed by atoms with Gasteiger partial charge >= 0.3 is 5.97 Å². The fourth-order valence-electron chi connectivity index (χ4n) is 6.55. The molecular weight excluding hydrogens is 739 g/mol. The van der Waals surface area contributed by atoms with Crippen molar-refractivity contribution >= 4 is 35.6 Å². The largest absolute Gasteiger partial charge is 0.480 e. The van der Waals surface area contributed by atoms with Crippen LogP contribution in [0, 0.1) is 0 Å². The predicted molar refractivity (Wildman–Crippen MR) is 232 cm³/mol. The Hall–Kier alpha value is -4.24. The number of hydrogen-bond donors (Lipinski definition) is 9. The topological polar surface area (TPSA) is 270 Å². The number of aliphatic carboxylic acids is 1. The Labute approximate surface area is 347 Å². The Bertz CT molecular complexity index is 1300. The Morgan fingerprint density at radius 2 is 1.02 bits per heavy atom. The molecule has 3 atom stereocenters. The van der Waals surface area contributed by atoms with Crippen LogP contribution in [0.15, 0.2) is 35.3 Å². The second kappa shape index (κ2) is 34.8. The minimum atomic E-state index is -1.04. The number of unbranched alkanes of at least 4 members (excludes halogenated alkanes) is 15. The van der Waals surface area contributed by atoms with Gasteiger partial charge in [0.1, 0.15) is 6.04 Å². The highest BCUT2D eigenvalue weighted by molar-refractivity contribution is 5.83. The zero-order valence-corrected chi connectivity index (χ0v) is 35.2. The summed E-state index contributed by atoms with van der Waals surface area (Å²) >= 11 is 0. The molecule has 0 saturated heterocycles. The molecule has 0 radical (unpaired) electrons. The lowest BCUT2D eigenvalue weighted by Gasteiger charge is -2.14. The molecular formula is C43H77N9O6. The van der Waals surface area contributed by atoms with Crippen molar-refractivity contribution in [3.63, 3.8) is 0 Å². The first-order valence-electron chi connectivity index (χ1n) is 21.9. The van der Waals surface area contributed by atoms with E-state index in [2.05, 4.69) is 26.3 Å². The predicted octanol–water partition coefficient (Wildman–Crippen LogP) is 4.05. The molecule has 0 bridgehead atoms. The van der Waals surface area contributed by atoms with Gasteiger partial charge in [-0.3, -0.25) is 24.2 Å². The van der Waals surface area contributed by atoms with Crippen molar-refractivity contribution in [2.24, 2.45) is 27.9 Å². The standard InChI is InChI=1S/C43H77N9O6/c44-35(25-22-32-51-43(46)47)40(55)49-30-19-11-7-3-1-5-9-16-27-38(53)48-29-21-18-26-37(42(57)58)52-39(54)28-17-10-6-2-4-8-12-20-31-50-41(56)36(45)33-34-23-14-13-15-24-34/h13-15,23-24,35-37H,1-12,16-22,25-33,44-45H2,(H,48,53)(H,49,55)(H,50,56)(H,52,54)(H,57,58)(H4,46,47,51)/t35-,36-,37-/m0/s1. The van der Waals surface area contributed by atoms with Crippen molar-refractivity contribution in [3.05, 3.63) is 35.9 Å². The molecule has 1 aromatic carbocycles. The molecule has 0 aliphatic carbocycles. The molecule has 15 heteroatoms. The van der Waals surface area contributed by atoms with Gasteiger partial charge in [0.2, 0.25) is 23.6 Å². The molecule has 0 saturated carbocycles.